The Morgan fingerprint density at radius 1 is 1.00 bits per heavy atom. The number of thioether (sulfide) groups is 1. The predicted molar refractivity (Wildman–Crippen MR) is 131 cm³/mol. The molecule has 0 aliphatic carbocycles. The van der Waals surface area contributed by atoms with Crippen molar-refractivity contribution in [1.82, 2.24) is 10.2 Å². The molecule has 0 heterocycles. The lowest BCUT2D eigenvalue weighted by Crippen LogP contribution is -2.51. The van der Waals surface area contributed by atoms with Crippen molar-refractivity contribution in [3.63, 3.8) is 0 Å². The zero-order chi connectivity index (χ0) is 22.8. The van der Waals surface area contributed by atoms with Crippen molar-refractivity contribution >= 4 is 23.6 Å². The largest absolute Gasteiger partial charge is 0.352 e. The van der Waals surface area contributed by atoms with Crippen LogP contribution in [0.2, 0.25) is 0 Å². The standard InChI is InChI=1S/C26H36N2O2S/c1-6-21(4)27-26(30)22(5)28(13-12-23-10-8-7-9-11-23)25(29)18-31-17-24-15-19(2)14-20(3)16-24/h7-11,14-16,21-22H,6,12-13,17-18H2,1-5H3,(H,27,30)/t21-,22-/m1/s1. The van der Waals surface area contributed by atoms with E-state index in [-0.39, 0.29) is 17.9 Å². The van der Waals surface area contributed by atoms with Crippen LogP contribution in [-0.4, -0.2) is 41.1 Å². The lowest BCUT2D eigenvalue weighted by molar-refractivity contribution is -0.138. The van der Waals surface area contributed by atoms with E-state index >= 15 is 0 Å². The maximum Gasteiger partial charge on any atom is 0.242 e. The van der Waals surface area contributed by atoms with Gasteiger partial charge in [0.1, 0.15) is 6.04 Å². The molecule has 0 fully saturated rings. The van der Waals surface area contributed by atoms with E-state index in [2.05, 4.69) is 49.5 Å². The molecule has 0 bridgehead atoms. The molecule has 2 rings (SSSR count). The first-order chi connectivity index (χ1) is 14.8. The third-order valence-electron chi connectivity index (χ3n) is 5.43. The number of benzene rings is 2. The van der Waals surface area contributed by atoms with Crippen molar-refractivity contribution in [2.75, 3.05) is 12.3 Å². The van der Waals surface area contributed by atoms with Crippen molar-refractivity contribution in [2.45, 2.75) is 65.3 Å². The van der Waals surface area contributed by atoms with Gasteiger partial charge >= 0.3 is 0 Å². The van der Waals surface area contributed by atoms with Crippen LogP contribution >= 0.6 is 11.8 Å². The minimum absolute atomic E-state index is 0.0112. The summed E-state index contributed by atoms with van der Waals surface area (Å²) in [7, 11) is 0. The van der Waals surface area contributed by atoms with Crippen LogP contribution in [0.25, 0.3) is 0 Å². The quantitative estimate of drug-likeness (QED) is 0.540. The minimum atomic E-state index is -0.493. The van der Waals surface area contributed by atoms with Crippen LogP contribution in [0.4, 0.5) is 0 Å². The van der Waals surface area contributed by atoms with E-state index in [1.54, 1.807) is 16.7 Å². The Labute approximate surface area is 191 Å². The molecule has 31 heavy (non-hydrogen) atoms. The van der Waals surface area contributed by atoms with Crippen LogP contribution in [0.15, 0.2) is 48.5 Å². The molecule has 5 heteroatoms. The van der Waals surface area contributed by atoms with Crippen molar-refractivity contribution in [1.29, 1.82) is 0 Å². The summed E-state index contributed by atoms with van der Waals surface area (Å²) in [5.74, 6) is 1.07. The number of amides is 2. The van der Waals surface area contributed by atoms with Gasteiger partial charge in [-0.2, -0.15) is 0 Å². The molecule has 0 aliphatic heterocycles. The SMILES string of the molecule is CC[C@@H](C)NC(=O)[C@@H](C)N(CCc1ccccc1)C(=O)CSCc1cc(C)cc(C)c1. The van der Waals surface area contributed by atoms with Crippen LogP contribution in [0.3, 0.4) is 0 Å². The predicted octanol–water partition coefficient (Wildman–Crippen LogP) is 4.91. The summed E-state index contributed by atoms with van der Waals surface area (Å²) in [5, 5.41) is 3.02. The highest BCUT2D eigenvalue weighted by molar-refractivity contribution is 7.99. The Balaban J connectivity index is 2.02. The molecule has 2 atom stereocenters. The van der Waals surface area contributed by atoms with E-state index in [1.165, 1.54) is 16.7 Å². The molecule has 168 valence electrons. The average molecular weight is 441 g/mol. The number of nitrogens with zero attached hydrogens (tertiary/aromatic N) is 1. The highest BCUT2D eigenvalue weighted by Gasteiger charge is 2.26. The Morgan fingerprint density at radius 2 is 1.65 bits per heavy atom. The molecule has 0 spiro atoms. The number of rotatable bonds is 11. The van der Waals surface area contributed by atoms with Gasteiger partial charge < -0.3 is 10.2 Å². The molecule has 0 saturated carbocycles. The van der Waals surface area contributed by atoms with E-state index in [9.17, 15) is 9.59 Å². The van der Waals surface area contributed by atoms with Crippen molar-refractivity contribution < 1.29 is 9.59 Å². The molecule has 0 unspecified atom stereocenters. The van der Waals surface area contributed by atoms with Gasteiger partial charge in [0.05, 0.1) is 5.75 Å². The summed E-state index contributed by atoms with van der Waals surface area (Å²) in [6, 6.07) is 16.2. The number of nitrogens with one attached hydrogen (secondary N) is 1. The molecule has 2 amide bonds. The molecule has 2 aromatic carbocycles. The highest BCUT2D eigenvalue weighted by Crippen LogP contribution is 2.17. The van der Waals surface area contributed by atoms with Crippen LogP contribution in [-0.2, 0) is 21.8 Å². The molecule has 0 radical (unpaired) electrons. The summed E-state index contributed by atoms with van der Waals surface area (Å²) < 4.78 is 0. The van der Waals surface area contributed by atoms with Gasteiger partial charge in [0.25, 0.3) is 0 Å². The maximum absolute atomic E-state index is 13.1. The third kappa shape index (κ3) is 8.41. The summed E-state index contributed by atoms with van der Waals surface area (Å²) in [4.78, 5) is 27.6. The lowest BCUT2D eigenvalue weighted by Gasteiger charge is -2.29. The van der Waals surface area contributed by atoms with Gasteiger partial charge in [-0.25, -0.2) is 0 Å². The first-order valence-electron chi connectivity index (χ1n) is 11.1. The van der Waals surface area contributed by atoms with Crippen molar-refractivity contribution in [3.8, 4) is 0 Å². The second-order valence-electron chi connectivity index (χ2n) is 8.31. The number of hydrogen-bond donors (Lipinski definition) is 1. The van der Waals surface area contributed by atoms with E-state index in [1.807, 2.05) is 39.0 Å². The smallest absolute Gasteiger partial charge is 0.242 e. The van der Waals surface area contributed by atoms with Gasteiger partial charge in [-0.3, -0.25) is 9.59 Å². The Morgan fingerprint density at radius 3 is 2.26 bits per heavy atom. The Hall–Kier alpha value is -2.27. The van der Waals surface area contributed by atoms with Crippen LogP contribution in [0.5, 0.6) is 0 Å². The lowest BCUT2D eigenvalue weighted by atomic mass is 10.1. The maximum atomic E-state index is 13.1. The fourth-order valence-corrected chi connectivity index (χ4v) is 4.37. The van der Waals surface area contributed by atoms with Gasteiger partial charge in [-0.15, -0.1) is 11.8 Å². The normalized spacial score (nSPS) is 12.8. The zero-order valence-electron chi connectivity index (χ0n) is 19.5. The van der Waals surface area contributed by atoms with Crippen molar-refractivity contribution in [3.05, 3.63) is 70.8 Å². The molecule has 0 aromatic heterocycles. The Bertz CT molecular complexity index is 833. The van der Waals surface area contributed by atoms with E-state index in [0.717, 1.165) is 24.2 Å². The van der Waals surface area contributed by atoms with Gasteiger partial charge in [0.15, 0.2) is 0 Å². The van der Waals surface area contributed by atoms with Gasteiger partial charge in [0, 0.05) is 18.3 Å². The van der Waals surface area contributed by atoms with Crippen molar-refractivity contribution in [2.24, 2.45) is 0 Å². The van der Waals surface area contributed by atoms with E-state index < -0.39 is 6.04 Å². The summed E-state index contributed by atoms with van der Waals surface area (Å²) >= 11 is 1.61. The molecule has 0 saturated heterocycles. The van der Waals surface area contributed by atoms with E-state index in [4.69, 9.17) is 0 Å². The van der Waals surface area contributed by atoms with E-state index in [0.29, 0.717) is 12.3 Å². The molecular weight excluding hydrogens is 404 g/mol. The van der Waals surface area contributed by atoms with Gasteiger partial charge in [-0.1, -0.05) is 66.6 Å². The highest BCUT2D eigenvalue weighted by atomic mass is 32.2. The monoisotopic (exact) mass is 440 g/mol. The van der Waals surface area contributed by atoms with Crippen LogP contribution in [0, 0.1) is 13.8 Å². The summed E-state index contributed by atoms with van der Waals surface area (Å²) in [5.41, 5.74) is 4.87. The topological polar surface area (TPSA) is 49.4 Å². The first kappa shape index (κ1) is 25.0. The number of hydrogen-bond acceptors (Lipinski definition) is 3. The zero-order valence-corrected chi connectivity index (χ0v) is 20.3. The Kier molecular flexibility index (Phi) is 10.1. The first-order valence-corrected chi connectivity index (χ1v) is 12.2. The van der Waals surface area contributed by atoms with Crippen LogP contribution < -0.4 is 5.32 Å². The third-order valence-corrected chi connectivity index (χ3v) is 6.42. The van der Waals surface area contributed by atoms with Gasteiger partial charge in [0.2, 0.25) is 11.8 Å². The summed E-state index contributed by atoms with van der Waals surface area (Å²) in [6.45, 7) is 10.6. The molecular formula is C26H36N2O2S. The second kappa shape index (κ2) is 12.6. The average Bonchev–Trinajstić information content (AvgIpc) is 2.73. The molecule has 4 nitrogen and oxygen atoms in total. The number of carbonyl (C=O) groups is 2. The number of carbonyl (C=O) groups excluding carboxylic acids is 2. The fourth-order valence-electron chi connectivity index (χ4n) is 3.53. The molecule has 0 aliphatic rings. The summed E-state index contributed by atoms with van der Waals surface area (Å²) in [6.07, 6.45) is 1.59. The van der Waals surface area contributed by atoms with Gasteiger partial charge in [-0.05, 0) is 51.7 Å². The van der Waals surface area contributed by atoms with Crippen LogP contribution in [0.1, 0.15) is 49.4 Å². The second-order valence-corrected chi connectivity index (χ2v) is 9.29. The molecule has 2 aromatic rings. The minimum Gasteiger partial charge on any atom is -0.352 e. The molecule has 1 N–H and O–H groups in total. The number of aryl methyl sites for hydroxylation is 2. The fraction of sp³-hybridized carbons (Fsp3) is 0.462.